The van der Waals surface area contributed by atoms with Crippen molar-refractivity contribution in [2.75, 3.05) is 26.8 Å². The first-order chi connectivity index (χ1) is 9.77. The zero-order valence-electron chi connectivity index (χ0n) is 12.0. The highest BCUT2D eigenvalue weighted by Gasteiger charge is 2.12. The Hall–Kier alpha value is -1.86. The third-order valence-corrected chi connectivity index (χ3v) is 3.11. The molecule has 1 aromatic carbocycles. The highest BCUT2D eigenvalue weighted by molar-refractivity contribution is 5.76. The van der Waals surface area contributed by atoms with Gasteiger partial charge in [0.05, 0.1) is 19.1 Å². The first-order valence-electron chi connectivity index (χ1n) is 6.95. The number of rotatable bonds is 9. The van der Waals surface area contributed by atoms with Gasteiger partial charge in [-0.2, -0.15) is 5.26 Å². The molecule has 0 saturated carbocycles. The second-order valence-electron chi connectivity index (χ2n) is 4.62. The van der Waals surface area contributed by atoms with Gasteiger partial charge in [-0.3, -0.25) is 4.79 Å². The van der Waals surface area contributed by atoms with E-state index in [1.807, 2.05) is 18.2 Å². The number of aryl methyl sites for hydroxylation is 1. The Morgan fingerprint density at radius 1 is 1.30 bits per heavy atom. The third kappa shape index (κ3) is 6.35. The summed E-state index contributed by atoms with van der Waals surface area (Å²) in [6.07, 6.45) is 2.63. The van der Waals surface area contributed by atoms with Crippen LogP contribution in [0.5, 0.6) is 0 Å². The molecule has 1 amide bonds. The number of nitrogens with zero attached hydrogens (tertiary/aromatic N) is 2. The monoisotopic (exact) mass is 274 g/mol. The van der Waals surface area contributed by atoms with Crippen LogP contribution in [-0.4, -0.2) is 37.6 Å². The summed E-state index contributed by atoms with van der Waals surface area (Å²) >= 11 is 0. The summed E-state index contributed by atoms with van der Waals surface area (Å²) in [5.41, 5.74) is 1.25. The maximum Gasteiger partial charge on any atom is 0.222 e. The summed E-state index contributed by atoms with van der Waals surface area (Å²) < 4.78 is 5.00. The summed E-state index contributed by atoms with van der Waals surface area (Å²) in [5, 5.41) is 8.63. The predicted molar refractivity (Wildman–Crippen MR) is 78.1 cm³/mol. The Labute approximate surface area is 121 Å². The summed E-state index contributed by atoms with van der Waals surface area (Å²) in [6, 6.07) is 12.2. The molecule has 0 fully saturated rings. The SMILES string of the molecule is COCCN(CCC#N)C(=O)CCCc1ccccc1. The Morgan fingerprint density at radius 2 is 2.05 bits per heavy atom. The number of amides is 1. The minimum absolute atomic E-state index is 0.105. The van der Waals surface area contributed by atoms with Crippen LogP contribution in [0.3, 0.4) is 0 Å². The highest BCUT2D eigenvalue weighted by atomic mass is 16.5. The van der Waals surface area contributed by atoms with Crippen molar-refractivity contribution in [3.05, 3.63) is 35.9 Å². The quantitative estimate of drug-likeness (QED) is 0.695. The lowest BCUT2D eigenvalue weighted by atomic mass is 10.1. The molecule has 0 saturated heterocycles. The molecule has 0 aromatic heterocycles. The largest absolute Gasteiger partial charge is 0.383 e. The molecule has 20 heavy (non-hydrogen) atoms. The average molecular weight is 274 g/mol. The first-order valence-corrected chi connectivity index (χ1v) is 6.95. The van der Waals surface area contributed by atoms with Crippen LogP contribution in [0.25, 0.3) is 0 Å². The van der Waals surface area contributed by atoms with Gasteiger partial charge in [0.25, 0.3) is 0 Å². The number of hydrogen-bond donors (Lipinski definition) is 0. The van der Waals surface area contributed by atoms with Crippen molar-refractivity contribution >= 4 is 5.91 Å². The topological polar surface area (TPSA) is 53.3 Å². The van der Waals surface area contributed by atoms with Gasteiger partial charge < -0.3 is 9.64 Å². The van der Waals surface area contributed by atoms with E-state index in [-0.39, 0.29) is 5.91 Å². The summed E-state index contributed by atoms with van der Waals surface area (Å²) in [4.78, 5) is 13.8. The molecule has 0 aliphatic heterocycles. The minimum Gasteiger partial charge on any atom is -0.383 e. The molecular formula is C16H22N2O2. The molecule has 108 valence electrons. The summed E-state index contributed by atoms with van der Waals surface area (Å²) in [5.74, 6) is 0.105. The van der Waals surface area contributed by atoms with E-state index in [2.05, 4.69) is 18.2 Å². The van der Waals surface area contributed by atoms with Gasteiger partial charge in [0.2, 0.25) is 5.91 Å². The number of methoxy groups -OCH3 is 1. The fourth-order valence-corrected chi connectivity index (χ4v) is 1.99. The molecule has 0 bridgehead atoms. The van der Waals surface area contributed by atoms with Gasteiger partial charge in [-0.05, 0) is 18.4 Å². The van der Waals surface area contributed by atoms with E-state index in [0.29, 0.717) is 32.5 Å². The van der Waals surface area contributed by atoms with Gasteiger partial charge in [-0.1, -0.05) is 30.3 Å². The van der Waals surface area contributed by atoms with Gasteiger partial charge in [-0.25, -0.2) is 0 Å². The zero-order chi connectivity index (χ0) is 14.6. The highest BCUT2D eigenvalue weighted by Crippen LogP contribution is 2.06. The van der Waals surface area contributed by atoms with E-state index in [1.54, 1.807) is 12.0 Å². The van der Waals surface area contributed by atoms with Gasteiger partial charge in [0.15, 0.2) is 0 Å². The van der Waals surface area contributed by atoms with Gasteiger partial charge >= 0.3 is 0 Å². The lowest BCUT2D eigenvalue weighted by molar-refractivity contribution is -0.131. The molecule has 0 spiro atoms. The molecule has 1 aromatic rings. The fourth-order valence-electron chi connectivity index (χ4n) is 1.99. The van der Waals surface area contributed by atoms with Crippen LogP contribution in [-0.2, 0) is 16.0 Å². The second kappa shape index (κ2) is 9.99. The van der Waals surface area contributed by atoms with Crippen molar-refractivity contribution in [3.63, 3.8) is 0 Å². The lowest BCUT2D eigenvalue weighted by Gasteiger charge is -2.21. The van der Waals surface area contributed by atoms with Crippen LogP contribution in [0.1, 0.15) is 24.8 Å². The molecule has 0 atom stereocenters. The molecule has 0 unspecified atom stereocenters. The van der Waals surface area contributed by atoms with Crippen LogP contribution in [0.15, 0.2) is 30.3 Å². The van der Waals surface area contributed by atoms with E-state index in [4.69, 9.17) is 10.00 Å². The second-order valence-corrected chi connectivity index (χ2v) is 4.62. The molecule has 4 heteroatoms. The van der Waals surface area contributed by atoms with E-state index >= 15 is 0 Å². The van der Waals surface area contributed by atoms with Crippen LogP contribution in [0.4, 0.5) is 0 Å². The zero-order valence-corrected chi connectivity index (χ0v) is 12.0. The van der Waals surface area contributed by atoms with E-state index in [1.165, 1.54) is 5.56 Å². The van der Waals surface area contributed by atoms with Crippen LogP contribution < -0.4 is 0 Å². The number of nitriles is 1. The van der Waals surface area contributed by atoms with Crippen molar-refractivity contribution < 1.29 is 9.53 Å². The Morgan fingerprint density at radius 3 is 2.70 bits per heavy atom. The number of benzene rings is 1. The molecule has 0 aliphatic carbocycles. The maximum atomic E-state index is 12.1. The molecule has 0 aliphatic rings. The van der Waals surface area contributed by atoms with E-state index < -0.39 is 0 Å². The number of carbonyl (C=O) groups excluding carboxylic acids is 1. The fraction of sp³-hybridized carbons (Fsp3) is 0.500. The molecule has 0 radical (unpaired) electrons. The normalized spacial score (nSPS) is 10.0. The Kier molecular flexibility index (Phi) is 8.09. The van der Waals surface area contributed by atoms with E-state index in [9.17, 15) is 4.79 Å². The molecular weight excluding hydrogens is 252 g/mol. The van der Waals surface area contributed by atoms with Crippen molar-refractivity contribution in [1.82, 2.24) is 4.90 Å². The Bertz CT molecular complexity index is 426. The minimum atomic E-state index is 0.105. The number of hydrogen-bond acceptors (Lipinski definition) is 3. The molecule has 1 rings (SSSR count). The van der Waals surface area contributed by atoms with Crippen LogP contribution in [0, 0.1) is 11.3 Å². The number of carbonyl (C=O) groups is 1. The molecule has 0 heterocycles. The average Bonchev–Trinajstić information content (AvgIpc) is 2.48. The summed E-state index contributed by atoms with van der Waals surface area (Å²) in [6.45, 7) is 1.56. The van der Waals surface area contributed by atoms with Crippen molar-refractivity contribution in [1.29, 1.82) is 5.26 Å². The summed E-state index contributed by atoms with van der Waals surface area (Å²) in [7, 11) is 1.61. The standard InChI is InChI=1S/C16H22N2O2/c1-20-14-13-18(12-6-11-17)16(19)10-5-9-15-7-3-2-4-8-15/h2-4,7-8H,5-6,9-10,12-14H2,1H3. The number of ether oxygens (including phenoxy) is 1. The Balaban J connectivity index is 2.35. The van der Waals surface area contributed by atoms with Crippen LogP contribution in [0.2, 0.25) is 0 Å². The maximum absolute atomic E-state index is 12.1. The van der Waals surface area contributed by atoms with Gasteiger partial charge in [0, 0.05) is 26.6 Å². The van der Waals surface area contributed by atoms with Crippen molar-refractivity contribution in [3.8, 4) is 6.07 Å². The molecule has 0 N–H and O–H groups in total. The first kappa shape index (κ1) is 16.2. The van der Waals surface area contributed by atoms with Gasteiger partial charge in [0.1, 0.15) is 0 Å². The smallest absolute Gasteiger partial charge is 0.222 e. The lowest BCUT2D eigenvalue weighted by Crippen LogP contribution is -2.34. The third-order valence-electron chi connectivity index (χ3n) is 3.11. The van der Waals surface area contributed by atoms with Crippen LogP contribution >= 0.6 is 0 Å². The van der Waals surface area contributed by atoms with Crippen molar-refractivity contribution in [2.45, 2.75) is 25.7 Å². The van der Waals surface area contributed by atoms with E-state index in [0.717, 1.165) is 12.8 Å². The van der Waals surface area contributed by atoms with Crippen molar-refractivity contribution in [2.24, 2.45) is 0 Å². The molecule has 4 nitrogen and oxygen atoms in total. The predicted octanol–water partition coefficient (Wildman–Crippen LogP) is 2.40. The van der Waals surface area contributed by atoms with Gasteiger partial charge in [-0.15, -0.1) is 0 Å².